The van der Waals surface area contributed by atoms with Crippen LogP contribution in [0.4, 0.5) is 5.82 Å². The molecule has 4 N–H and O–H groups in total. The molecule has 1 aliphatic heterocycles. The van der Waals surface area contributed by atoms with Crippen molar-refractivity contribution in [2.45, 2.75) is 6.92 Å². The van der Waals surface area contributed by atoms with E-state index in [0.717, 1.165) is 18.9 Å². The number of ether oxygens (including phenoxy) is 1. The predicted octanol–water partition coefficient (Wildman–Crippen LogP) is 0.744. The second-order valence-electron chi connectivity index (χ2n) is 5.44. The number of phenols is 2. The average molecular weight is 329 g/mol. The van der Waals surface area contributed by atoms with Crippen LogP contribution >= 0.6 is 0 Å². The Labute approximate surface area is 139 Å². The number of morpholine rings is 1. The van der Waals surface area contributed by atoms with Gasteiger partial charge in [0.2, 0.25) is 0 Å². The highest BCUT2D eigenvalue weighted by atomic mass is 16.5. The van der Waals surface area contributed by atoms with E-state index in [9.17, 15) is 10.2 Å². The summed E-state index contributed by atoms with van der Waals surface area (Å²) in [4.78, 5) is 11.0. The maximum Gasteiger partial charge on any atom is 0.133 e. The standard InChI is InChI=1S/C16H19N5O3/c1-10-18-13(9-15(19-10)21-4-6-24-7-5-21)16(20-17)12-3-2-11(22)8-14(12)23/h2-3,8-9,22-23H,4-7,17H2,1H3. The molecule has 1 aromatic heterocycles. The van der Waals surface area contributed by atoms with Gasteiger partial charge in [0.05, 0.1) is 18.9 Å². The van der Waals surface area contributed by atoms with Gasteiger partial charge in [0.1, 0.15) is 28.9 Å². The summed E-state index contributed by atoms with van der Waals surface area (Å²) in [5, 5.41) is 23.3. The van der Waals surface area contributed by atoms with E-state index in [1.807, 2.05) is 0 Å². The van der Waals surface area contributed by atoms with Gasteiger partial charge in [-0.15, -0.1) is 0 Å². The minimum atomic E-state index is -0.122. The molecule has 0 saturated carbocycles. The summed E-state index contributed by atoms with van der Waals surface area (Å²) in [6.45, 7) is 4.58. The summed E-state index contributed by atoms with van der Waals surface area (Å²) in [5.74, 6) is 6.72. The lowest BCUT2D eigenvalue weighted by atomic mass is 10.1. The minimum Gasteiger partial charge on any atom is -0.508 e. The van der Waals surface area contributed by atoms with Crippen molar-refractivity contribution in [1.29, 1.82) is 0 Å². The molecule has 0 radical (unpaired) electrons. The van der Waals surface area contributed by atoms with E-state index >= 15 is 0 Å². The van der Waals surface area contributed by atoms with Crippen LogP contribution in [0.2, 0.25) is 0 Å². The van der Waals surface area contributed by atoms with Crippen LogP contribution in [-0.4, -0.2) is 52.2 Å². The molecule has 8 nitrogen and oxygen atoms in total. The van der Waals surface area contributed by atoms with Crippen molar-refractivity contribution < 1.29 is 14.9 Å². The lowest BCUT2D eigenvalue weighted by molar-refractivity contribution is 0.122. The van der Waals surface area contributed by atoms with Crippen molar-refractivity contribution in [3.05, 3.63) is 41.3 Å². The van der Waals surface area contributed by atoms with Crippen molar-refractivity contribution in [2.75, 3.05) is 31.2 Å². The number of benzene rings is 1. The zero-order chi connectivity index (χ0) is 17.1. The number of nitrogens with two attached hydrogens (primary N) is 1. The van der Waals surface area contributed by atoms with E-state index in [4.69, 9.17) is 10.6 Å². The van der Waals surface area contributed by atoms with Crippen LogP contribution in [0.25, 0.3) is 0 Å². The highest BCUT2D eigenvalue weighted by molar-refractivity contribution is 6.13. The van der Waals surface area contributed by atoms with Crippen LogP contribution in [0.3, 0.4) is 0 Å². The molecule has 0 unspecified atom stereocenters. The molecule has 2 aromatic rings. The summed E-state index contributed by atoms with van der Waals surface area (Å²) >= 11 is 0. The first-order valence-electron chi connectivity index (χ1n) is 7.57. The van der Waals surface area contributed by atoms with Crippen LogP contribution in [0.15, 0.2) is 29.4 Å². The third kappa shape index (κ3) is 3.23. The van der Waals surface area contributed by atoms with Crippen LogP contribution < -0.4 is 10.7 Å². The maximum atomic E-state index is 10.1. The lowest BCUT2D eigenvalue weighted by Gasteiger charge is -2.28. The van der Waals surface area contributed by atoms with Crippen LogP contribution in [-0.2, 0) is 4.74 Å². The largest absolute Gasteiger partial charge is 0.508 e. The Balaban J connectivity index is 2.01. The number of anilines is 1. The Kier molecular flexibility index (Phi) is 4.48. The van der Waals surface area contributed by atoms with Crippen molar-refractivity contribution in [2.24, 2.45) is 10.9 Å². The molecule has 1 fully saturated rings. The Morgan fingerprint density at radius 1 is 1.21 bits per heavy atom. The van der Waals surface area contributed by atoms with Gasteiger partial charge in [-0.3, -0.25) is 0 Å². The molecular weight excluding hydrogens is 310 g/mol. The first kappa shape index (κ1) is 16.0. The summed E-state index contributed by atoms with van der Waals surface area (Å²) in [5.41, 5.74) is 1.22. The zero-order valence-corrected chi connectivity index (χ0v) is 13.3. The fourth-order valence-corrected chi connectivity index (χ4v) is 2.62. The molecule has 1 saturated heterocycles. The molecule has 2 heterocycles. The summed E-state index contributed by atoms with van der Waals surface area (Å²) < 4.78 is 5.36. The molecule has 126 valence electrons. The Hall–Kier alpha value is -2.87. The zero-order valence-electron chi connectivity index (χ0n) is 13.3. The molecule has 8 heteroatoms. The lowest BCUT2D eigenvalue weighted by Crippen LogP contribution is -2.37. The van der Waals surface area contributed by atoms with Gasteiger partial charge in [-0.2, -0.15) is 5.10 Å². The quantitative estimate of drug-likeness (QED) is 0.432. The SMILES string of the molecule is Cc1nc(C(=NN)c2ccc(O)cc2O)cc(N2CCOCC2)n1. The molecule has 1 aliphatic rings. The smallest absolute Gasteiger partial charge is 0.133 e. The number of hydrogen-bond donors (Lipinski definition) is 3. The highest BCUT2D eigenvalue weighted by Crippen LogP contribution is 2.26. The van der Waals surface area contributed by atoms with Gasteiger partial charge in [-0.25, -0.2) is 9.97 Å². The monoisotopic (exact) mass is 329 g/mol. The normalized spacial score (nSPS) is 15.5. The van der Waals surface area contributed by atoms with E-state index in [-0.39, 0.29) is 11.5 Å². The van der Waals surface area contributed by atoms with E-state index < -0.39 is 0 Å². The highest BCUT2D eigenvalue weighted by Gasteiger charge is 2.18. The molecule has 3 rings (SSSR count). The number of rotatable bonds is 3. The summed E-state index contributed by atoms with van der Waals surface area (Å²) in [7, 11) is 0. The van der Waals surface area contributed by atoms with Crippen LogP contribution in [0.5, 0.6) is 11.5 Å². The fraction of sp³-hybridized carbons (Fsp3) is 0.312. The number of aromatic nitrogens is 2. The first-order chi connectivity index (χ1) is 11.6. The number of phenolic OH excluding ortho intramolecular Hbond substituents is 2. The van der Waals surface area contributed by atoms with Gasteiger partial charge in [0.25, 0.3) is 0 Å². The van der Waals surface area contributed by atoms with Crippen molar-refractivity contribution >= 4 is 11.5 Å². The molecule has 0 amide bonds. The number of nitrogens with zero attached hydrogens (tertiary/aromatic N) is 4. The number of aryl methyl sites for hydroxylation is 1. The van der Waals surface area contributed by atoms with Crippen molar-refractivity contribution in [1.82, 2.24) is 9.97 Å². The summed E-state index contributed by atoms with van der Waals surface area (Å²) in [6, 6.07) is 6.02. The molecule has 0 spiro atoms. The number of aromatic hydroxyl groups is 2. The van der Waals surface area contributed by atoms with E-state index in [1.54, 1.807) is 19.1 Å². The van der Waals surface area contributed by atoms with E-state index in [0.29, 0.717) is 36.0 Å². The van der Waals surface area contributed by atoms with Gasteiger partial charge < -0.3 is 25.7 Å². The number of hydrogen-bond acceptors (Lipinski definition) is 8. The Morgan fingerprint density at radius 2 is 1.96 bits per heavy atom. The Bertz CT molecular complexity index is 772. The Morgan fingerprint density at radius 3 is 2.62 bits per heavy atom. The van der Waals surface area contributed by atoms with Gasteiger partial charge in [0.15, 0.2) is 0 Å². The fourth-order valence-electron chi connectivity index (χ4n) is 2.62. The van der Waals surface area contributed by atoms with E-state index in [2.05, 4.69) is 20.0 Å². The minimum absolute atomic E-state index is 0.0412. The van der Waals surface area contributed by atoms with Gasteiger partial charge in [-0.05, 0) is 19.1 Å². The van der Waals surface area contributed by atoms with Gasteiger partial charge in [-0.1, -0.05) is 0 Å². The van der Waals surface area contributed by atoms with Crippen LogP contribution in [0.1, 0.15) is 17.1 Å². The topological polar surface area (TPSA) is 117 Å². The molecule has 24 heavy (non-hydrogen) atoms. The van der Waals surface area contributed by atoms with Crippen molar-refractivity contribution in [3.8, 4) is 11.5 Å². The molecule has 0 atom stereocenters. The summed E-state index contributed by atoms with van der Waals surface area (Å²) in [6.07, 6.45) is 0. The average Bonchev–Trinajstić information content (AvgIpc) is 2.58. The molecule has 0 bridgehead atoms. The van der Waals surface area contributed by atoms with Crippen molar-refractivity contribution in [3.63, 3.8) is 0 Å². The second kappa shape index (κ2) is 6.71. The van der Waals surface area contributed by atoms with Gasteiger partial charge in [0, 0.05) is 30.8 Å². The molecule has 1 aromatic carbocycles. The molecule has 0 aliphatic carbocycles. The molecular formula is C16H19N5O3. The number of hydrazone groups is 1. The second-order valence-corrected chi connectivity index (χ2v) is 5.44. The predicted molar refractivity (Wildman–Crippen MR) is 89.4 cm³/mol. The third-order valence-electron chi connectivity index (χ3n) is 3.77. The van der Waals surface area contributed by atoms with E-state index in [1.165, 1.54) is 12.1 Å². The first-order valence-corrected chi connectivity index (χ1v) is 7.57. The van der Waals surface area contributed by atoms with Crippen LogP contribution in [0, 0.1) is 6.92 Å². The van der Waals surface area contributed by atoms with Gasteiger partial charge >= 0.3 is 0 Å². The third-order valence-corrected chi connectivity index (χ3v) is 3.77. The maximum absolute atomic E-state index is 10.1.